The van der Waals surface area contributed by atoms with Crippen molar-refractivity contribution < 1.29 is 14.7 Å². The Morgan fingerprint density at radius 1 is 1.33 bits per heavy atom. The second-order valence-corrected chi connectivity index (χ2v) is 5.64. The third-order valence-electron chi connectivity index (χ3n) is 2.72. The number of aryl methyl sites for hydroxylation is 1. The van der Waals surface area contributed by atoms with Crippen molar-refractivity contribution in [1.29, 1.82) is 0 Å². The van der Waals surface area contributed by atoms with E-state index < -0.39 is 5.97 Å². The molecule has 4 nitrogen and oxygen atoms in total. The number of thiophene rings is 1. The van der Waals surface area contributed by atoms with E-state index in [1.165, 1.54) is 6.08 Å². The van der Waals surface area contributed by atoms with Gasteiger partial charge in [0.2, 0.25) is 5.91 Å². The summed E-state index contributed by atoms with van der Waals surface area (Å²) in [5.41, 5.74) is 2.36. The van der Waals surface area contributed by atoms with Crippen LogP contribution in [0.3, 0.4) is 0 Å². The van der Waals surface area contributed by atoms with Crippen molar-refractivity contribution in [1.82, 2.24) is 0 Å². The topological polar surface area (TPSA) is 66.4 Å². The average Bonchev–Trinajstić information content (AvgIpc) is 2.88. The molecule has 1 aromatic heterocycles. The van der Waals surface area contributed by atoms with Gasteiger partial charge in [-0.3, -0.25) is 4.79 Å². The molecule has 2 aromatic rings. The molecule has 0 aliphatic heterocycles. The van der Waals surface area contributed by atoms with E-state index in [-0.39, 0.29) is 5.91 Å². The van der Waals surface area contributed by atoms with Crippen LogP contribution in [0.4, 0.5) is 5.69 Å². The summed E-state index contributed by atoms with van der Waals surface area (Å²) in [5, 5.41) is 13.4. The zero-order valence-corrected chi connectivity index (χ0v) is 12.3. The number of amides is 1. The monoisotopic (exact) mass is 301 g/mol. The molecule has 108 valence electrons. The molecule has 1 aromatic carbocycles. The quantitative estimate of drug-likeness (QED) is 0.832. The predicted molar refractivity (Wildman–Crippen MR) is 84.5 cm³/mol. The van der Waals surface area contributed by atoms with Gasteiger partial charge < -0.3 is 10.4 Å². The molecule has 0 bridgehead atoms. The lowest BCUT2D eigenvalue weighted by molar-refractivity contribution is -0.131. The standard InChI is InChI=1S/C16H15NO3S/c1-11-7-12(4-5-16(19)20)9-13(8-11)17-15(18)10-14-3-2-6-21-14/h2-9H,10H2,1H3,(H,17,18)(H,19,20)/b5-4+. The third-order valence-corrected chi connectivity index (χ3v) is 3.59. The first-order valence-corrected chi connectivity index (χ1v) is 7.26. The Morgan fingerprint density at radius 3 is 2.81 bits per heavy atom. The normalized spacial score (nSPS) is 10.7. The zero-order chi connectivity index (χ0) is 15.2. The van der Waals surface area contributed by atoms with Crippen molar-refractivity contribution >= 4 is 35.0 Å². The van der Waals surface area contributed by atoms with Crippen molar-refractivity contribution in [3.8, 4) is 0 Å². The molecule has 0 saturated heterocycles. The first kappa shape index (κ1) is 15.0. The maximum atomic E-state index is 12.0. The number of nitrogens with one attached hydrogen (secondary N) is 1. The fraction of sp³-hybridized carbons (Fsp3) is 0.125. The van der Waals surface area contributed by atoms with E-state index in [1.54, 1.807) is 17.4 Å². The van der Waals surface area contributed by atoms with Crippen LogP contribution < -0.4 is 5.32 Å². The molecule has 0 radical (unpaired) electrons. The van der Waals surface area contributed by atoms with E-state index in [0.29, 0.717) is 12.1 Å². The number of benzene rings is 1. The van der Waals surface area contributed by atoms with E-state index >= 15 is 0 Å². The summed E-state index contributed by atoms with van der Waals surface area (Å²) < 4.78 is 0. The molecule has 21 heavy (non-hydrogen) atoms. The lowest BCUT2D eigenvalue weighted by atomic mass is 10.1. The van der Waals surface area contributed by atoms with E-state index in [9.17, 15) is 9.59 Å². The van der Waals surface area contributed by atoms with Gasteiger partial charge in [0.15, 0.2) is 0 Å². The lowest BCUT2D eigenvalue weighted by Crippen LogP contribution is -2.13. The van der Waals surface area contributed by atoms with Gasteiger partial charge in [0.05, 0.1) is 6.42 Å². The van der Waals surface area contributed by atoms with E-state index in [1.807, 2.05) is 36.6 Å². The predicted octanol–water partition coefficient (Wildman–Crippen LogP) is 3.34. The number of hydrogen-bond donors (Lipinski definition) is 2. The Morgan fingerprint density at radius 2 is 2.14 bits per heavy atom. The van der Waals surface area contributed by atoms with Gasteiger partial charge in [-0.2, -0.15) is 0 Å². The van der Waals surface area contributed by atoms with E-state index in [2.05, 4.69) is 5.32 Å². The molecule has 0 atom stereocenters. The van der Waals surface area contributed by atoms with Crippen LogP contribution in [0, 0.1) is 6.92 Å². The molecule has 0 aliphatic rings. The molecular formula is C16H15NO3S. The summed E-state index contributed by atoms with van der Waals surface area (Å²) in [7, 11) is 0. The SMILES string of the molecule is Cc1cc(/C=C/C(=O)O)cc(NC(=O)Cc2cccs2)c1. The van der Waals surface area contributed by atoms with Crippen LogP contribution in [-0.4, -0.2) is 17.0 Å². The number of carbonyl (C=O) groups excluding carboxylic acids is 1. The maximum Gasteiger partial charge on any atom is 0.328 e. The Hall–Kier alpha value is -2.40. The fourth-order valence-corrected chi connectivity index (χ4v) is 2.63. The second-order valence-electron chi connectivity index (χ2n) is 4.61. The Bertz CT molecular complexity index is 675. The van der Waals surface area contributed by atoms with Gasteiger partial charge in [-0.15, -0.1) is 11.3 Å². The largest absolute Gasteiger partial charge is 0.478 e. The summed E-state index contributed by atoms with van der Waals surface area (Å²) in [4.78, 5) is 23.5. The molecule has 0 saturated carbocycles. The van der Waals surface area contributed by atoms with Crippen molar-refractivity contribution in [3.63, 3.8) is 0 Å². The van der Waals surface area contributed by atoms with Gasteiger partial charge >= 0.3 is 5.97 Å². The van der Waals surface area contributed by atoms with Gasteiger partial charge in [0.25, 0.3) is 0 Å². The van der Waals surface area contributed by atoms with Crippen molar-refractivity contribution in [2.75, 3.05) is 5.32 Å². The zero-order valence-electron chi connectivity index (χ0n) is 11.5. The van der Waals surface area contributed by atoms with Crippen LogP contribution in [0.2, 0.25) is 0 Å². The molecule has 0 unspecified atom stereocenters. The molecule has 1 heterocycles. The summed E-state index contributed by atoms with van der Waals surface area (Å²) in [6.45, 7) is 1.90. The highest BCUT2D eigenvalue weighted by Gasteiger charge is 2.06. The smallest absolute Gasteiger partial charge is 0.328 e. The molecule has 0 fully saturated rings. The molecule has 2 N–H and O–H groups in total. The van der Waals surface area contributed by atoms with Crippen LogP contribution >= 0.6 is 11.3 Å². The van der Waals surface area contributed by atoms with Crippen LogP contribution in [0.15, 0.2) is 41.8 Å². The number of carboxylic acid groups (broad SMARTS) is 1. The maximum absolute atomic E-state index is 12.0. The molecule has 0 spiro atoms. The van der Waals surface area contributed by atoms with Gasteiger partial charge in [-0.05, 0) is 47.7 Å². The minimum atomic E-state index is -1.00. The molecule has 5 heteroatoms. The number of carboxylic acids is 1. The van der Waals surface area contributed by atoms with Crippen LogP contribution in [0.5, 0.6) is 0 Å². The first-order valence-electron chi connectivity index (χ1n) is 6.38. The number of aliphatic carboxylic acids is 1. The fourth-order valence-electron chi connectivity index (χ4n) is 1.93. The number of rotatable bonds is 5. The third kappa shape index (κ3) is 4.89. The first-order chi connectivity index (χ1) is 10.0. The molecule has 1 amide bonds. The molecule has 0 aliphatic carbocycles. The average molecular weight is 301 g/mol. The Balaban J connectivity index is 2.09. The van der Waals surface area contributed by atoms with Crippen molar-refractivity contribution in [2.24, 2.45) is 0 Å². The van der Waals surface area contributed by atoms with E-state index in [0.717, 1.165) is 22.1 Å². The Kier molecular flexibility index (Phi) is 4.90. The minimum absolute atomic E-state index is 0.0868. The summed E-state index contributed by atoms with van der Waals surface area (Å²) in [5.74, 6) is -1.09. The van der Waals surface area contributed by atoms with Gasteiger partial charge in [0.1, 0.15) is 0 Å². The van der Waals surface area contributed by atoms with Crippen molar-refractivity contribution in [3.05, 3.63) is 57.8 Å². The molecule has 2 rings (SSSR count). The number of carbonyl (C=O) groups is 2. The minimum Gasteiger partial charge on any atom is -0.478 e. The second kappa shape index (κ2) is 6.85. The summed E-state index contributed by atoms with van der Waals surface area (Å²) in [6.07, 6.45) is 2.92. The van der Waals surface area contributed by atoms with Crippen LogP contribution in [-0.2, 0) is 16.0 Å². The van der Waals surface area contributed by atoms with Crippen LogP contribution in [0.25, 0.3) is 6.08 Å². The Labute approximate surface area is 126 Å². The highest BCUT2D eigenvalue weighted by molar-refractivity contribution is 7.10. The molecular weight excluding hydrogens is 286 g/mol. The van der Waals surface area contributed by atoms with Crippen LogP contribution in [0.1, 0.15) is 16.0 Å². The van der Waals surface area contributed by atoms with Gasteiger partial charge in [0, 0.05) is 16.6 Å². The van der Waals surface area contributed by atoms with Gasteiger partial charge in [-0.1, -0.05) is 12.1 Å². The lowest BCUT2D eigenvalue weighted by Gasteiger charge is -2.07. The van der Waals surface area contributed by atoms with E-state index in [4.69, 9.17) is 5.11 Å². The number of hydrogen-bond acceptors (Lipinski definition) is 3. The highest BCUT2D eigenvalue weighted by Crippen LogP contribution is 2.17. The summed E-state index contributed by atoms with van der Waals surface area (Å²) in [6, 6.07) is 9.29. The summed E-state index contributed by atoms with van der Waals surface area (Å²) >= 11 is 1.54. The van der Waals surface area contributed by atoms with Gasteiger partial charge in [-0.25, -0.2) is 4.79 Å². The number of anilines is 1. The highest BCUT2D eigenvalue weighted by atomic mass is 32.1. The van der Waals surface area contributed by atoms with Crippen molar-refractivity contribution in [2.45, 2.75) is 13.3 Å².